The minimum Gasteiger partial charge on any atom is -0.357 e. The number of guanidine groups is 1. The molecule has 0 spiro atoms. The number of pyridine rings is 1. The second-order valence-electron chi connectivity index (χ2n) is 6.39. The van der Waals surface area contributed by atoms with Gasteiger partial charge in [-0.2, -0.15) is 0 Å². The van der Waals surface area contributed by atoms with Crippen LogP contribution in [0.25, 0.3) is 0 Å². The standard InChI is InChI=1S/C19H28N6S.HI/c1-3-16-14-23-18(26-16)7-9-22-19(20-2)24-13-15-6-8-21-17(12-15)25-10-4-5-11-25;/h6,8,12,14H,3-5,7,9-11,13H2,1-2H3,(H2,20,22,24);1H. The lowest BCUT2D eigenvalue weighted by Gasteiger charge is -2.17. The molecule has 8 heteroatoms. The van der Waals surface area contributed by atoms with Crippen molar-refractivity contribution in [1.29, 1.82) is 0 Å². The van der Waals surface area contributed by atoms with Gasteiger partial charge in [0.05, 0.1) is 5.01 Å². The van der Waals surface area contributed by atoms with E-state index in [9.17, 15) is 0 Å². The Bertz CT molecular complexity index is 726. The molecule has 0 aromatic carbocycles. The lowest BCUT2D eigenvalue weighted by atomic mass is 10.2. The van der Waals surface area contributed by atoms with E-state index in [0.717, 1.165) is 50.8 Å². The molecule has 2 aromatic heterocycles. The first-order valence-electron chi connectivity index (χ1n) is 9.36. The lowest BCUT2D eigenvalue weighted by molar-refractivity contribution is 0.790. The van der Waals surface area contributed by atoms with Crippen LogP contribution in [0, 0.1) is 0 Å². The van der Waals surface area contributed by atoms with Crippen molar-refractivity contribution in [2.75, 3.05) is 31.6 Å². The van der Waals surface area contributed by atoms with Crippen molar-refractivity contribution in [2.45, 2.75) is 39.2 Å². The van der Waals surface area contributed by atoms with Crippen molar-refractivity contribution < 1.29 is 0 Å². The minimum atomic E-state index is 0. The fourth-order valence-electron chi connectivity index (χ4n) is 3.01. The normalized spacial score (nSPS) is 14.1. The molecule has 0 amide bonds. The third-order valence-electron chi connectivity index (χ3n) is 4.50. The van der Waals surface area contributed by atoms with Gasteiger partial charge in [-0.15, -0.1) is 35.3 Å². The molecule has 2 N–H and O–H groups in total. The molecule has 1 aliphatic rings. The molecule has 1 saturated heterocycles. The van der Waals surface area contributed by atoms with Crippen molar-refractivity contribution in [3.05, 3.63) is 40.0 Å². The Morgan fingerprint density at radius 1 is 1.26 bits per heavy atom. The van der Waals surface area contributed by atoms with Crippen molar-refractivity contribution in [3.8, 4) is 0 Å². The Hall–Kier alpha value is -1.42. The highest BCUT2D eigenvalue weighted by molar-refractivity contribution is 14.0. The van der Waals surface area contributed by atoms with Crippen LogP contribution >= 0.6 is 35.3 Å². The molecular weight excluding hydrogens is 471 g/mol. The first-order chi connectivity index (χ1) is 12.8. The molecule has 6 nitrogen and oxygen atoms in total. The lowest BCUT2D eigenvalue weighted by Crippen LogP contribution is -2.37. The predicted octanol–water partition coefficient (Wildman–Crippen LogP) is 3.23. The smallest absolute Gasteiger partial charge is 0.191 e. The van der Waals surface area contributed by atoms with Gasteiger partial charge >= 0.3 is 0 Å². The largest absolute Gasteiger partial charge is 0.357 e. The zero-order valence-corrected chi connectivity index (χ0v) is 19.2. The van der Waals surface area contributed by atoms with Crippen molar-refractivity contribution in [1.82, 2.24) is 20.6 Å². The van der Waals surface area contributed by atoms with Crippen LogP contribution in [0.2, 0.25) is 0 Å². The van der Waals surface area contributed by atoms with Crippen LogP contribution in [-0.4, -0.2) is 42.6 Å². The first-order valence-corrected chi connectivity index (χ1v) is 10.2. The first kappa shape index (κ1) is 21.9. The molecule has 0 saturated carbocycles. The topological polar surface area (TPSA) is 65.4 Å². The van der Waals surface area contributed by atoms with Crippen LogP contribution in [0.5, 0.6) is 0 Å². The zero-order chi connectivity index (χ0) is 18.2. The highest BCUT2D eigenvalue weighted by Gasteiger charge is 2.13. The van der Waals surface area contributed by atoms with Gasteiger partial charge in [-0.1, -0.05) is 6.92 Å². The SMILES string of the molecule is CCc1cnc(CCNC(=NC)NCc2ccnc(N3CCCC3)c2)s1.I. The number of halogens is 1. The van der Waals surface area contributed by atoms with E-state index in [1.54, 1.807) is 18.4 Å². The van der Waals surface area contributed by atoms with Crippen LogP contribution < -0.4 is 15.5 Å². The second-order valence-corrected chi connectivity index (χ2v) is 7.59. The predicted molar refractivity (Wildman–Crippen MR) is 124 cm³/mol. The van der Waals surface area contributed by atoms with Gasteiger partial charge in [0.15, 0.2) is 5.96 Å². The van der Waals surface area contributed by atoms with Crippen LogP contribution in [-0.2, 0) is 19.4 Å². The fraction of sp³-hybridized carbons (Fsp3) is 0.526. The minimum absolute atomic E-state index is 0. The van der Waals surface area contributed by atoms with Gasteiger partial charge in [-0.3, -0.25) is 4.99 Å². The van der Waals surface area contributed by atoms with Gasteiger partial charge < -0.3 is 15.5 Å². The number of hydrogen-bond donors (Lipinski definition) is 2. The fourth-order valence-corrected chi connectivity index (χ4v) is 3.87. The highest BCUT2D eigenvalue weighted by atomic mass is 127. The molecular formula is C19H29IN6S. The molecule has 0 aliphatic carbocycles. The molecule has 3 heterocycles. The van der Waals surface area contributed by atoms with E-state index in [1.807, 2.05) is 12.4 Å². The number of nitrogens with zero attached hydrogens (tertiary/aromatic N) is 4. The molecule has 3 rings (SSSR count). The van der Waals surface area contributed by atoms with Crippen LogP contribution in [0.3, 0.4) is 0 Å². The molecule has 1 fully saturated rings. The number of rotatable bonds is 7. The quantitative estimate of drug-likeness (QED) is 0.347. The number of nitrogens with one attached hydrogen (secondary N) is 2. The van der Waals surface area contributed by atoms with Gasteiger partial charge in [0.25, 0.3) is 0 Å². The number of thiazole rings is 1. The van der Waals surface area contributed by atoms with Gasteiger partial charge in [-0.05, 0) is 37.0 Å². The Morgan fingerprint density at radius 3 is 2.78 bits per heavy atom. The van der Waals surface area contributed by atoms with Crippen molar-refractivity contribution >= 4 is 47.1 Å². The second kappa shape index (κ2) is 11.4. The van der Waals surface area contributed by atoms with E-state index in [1.165, 1.54) is 28.3 Å². The molecule has 1 aliphatic heterocycles. The van der Waals surface area contributed by atoms with Crippen LogP contribution in [0.1, 0.15) is 35.2 Å². The summed E-state index contributed by atoms with van der Waals surface area (Å²) in [6.07, 6.45) is 8.38. The summed E-state index contributed by atoms with van der Waals surface area (Å²) in [4.78, 5) is 17.0. The summed E-state index contributed by atoms with van der Waals surface area (Å²) in [5.41, 5.74) is 1.22. The molecule has 148 valence electrons. The summed E-state index contributed by atoms with van der Waals surface area (Å²) >= 11 is 1.79. The molecule has 27 heavy (non-hydrogen) atoms. The summed E-state index contributed by atoms with van der Waals surface area (Å²) < 4.78 is 0. The third-order valence-corrected chi connectivity index (χ3v) is 5.71. The average Bonchev–Trinajstić information content (AvgIpc) is 3.36. The highest BCUT2D eigenvalue weighted by Crippen LogP contribution is 2.18. The zero-order valence-electron chi connectivity index (χ0n) is 16.1. The van der Waals surface area contributed by atoms with Gasteiger partial charge in [0.1, 0.15) is 5.82 Å². The molecule has 2 aromatic rings. The Labute approximate surface area is 182 Å². The monoisotopic (exact) mass is 500 g/mol. The van der Waals surface area contributed by atoms with E-state index >= 15 is 0 Å². The Kier molecular flexibility index (Phi) is 9.26. The van der Waals surface area contributed by atoms with E-state index in [4.69, 9.17) is 0 Å². The number of aromatic nitrogens is 2. The molecule has 0 bridgehead atoms. The number of hydrogen-bond acceptors (Lipinski definition) is 5. The van der Waals surface area contributed by atoms with Crippen molar-refractivity contribution in [3.63, 3.8) is 0 Å². The number of aliphatic imine (C=N–C) groups is 1. The van der Waals surface area contributed by atoms with Crippen LogP contribution in [0.15, 0.2) is 29.5 Å². The number of anilines is 1. The maximum absolute atomic E-state index is 4.51. The molecule has 0 unspecified atom stereocenters. The Balaban J connectivity index is 0.00000261. The van der Waals surface area contributed by atoms with Crippen LogP contribution in [0.4, 0.5) is 5.82 Å². The van der Waals surface area contributed by atoms with Gasteiger partial charge in [0.2, 0.25) is 0 Å². The summed E-state index contributed by atoms with van der Waals surface area (Å²) in [5.74, 6) is 1.90. The molecule has 0 radical (unpaired) electrons. The Morgan fingerprint density at radius 2 is 2.07 bits per heavy atom. The third kappa shape index (κ3) is 6.60. The average molecular weight is 500 g/mol. The maximum Gasteiger partial charge on any atom is 0.191 e. The van der Waals surface area contributed by atoms with Crippen molar-refractivity contribution in [2.24, 2.45) is 4.99 Å². The van der Waals surface area contributed by atoms with E-state index in [0.29, 0.717) is 0 Å². The van der Waals surface area contributed by atoms with Gasteiger partial charge in [0, 0.05) is 56.9 Å². The number of aryl methyl sites for hydroxylation is 1. The summed E-state index contributed by atoms with van der Waals surface area (Å²) in [7, 11) is 1.80. The van der Waals surface area contributed by atoms with Gasteiger partial charge in [-0.25, -0.2) is 9.97 Å². The molecule has 0 atom stereocenters. The maximum atomic E-state index is 4.51. The summed E-state index contributed by atoms with van der Waals surface area (Å²) in [6, 6.07) is 4.23. The van der Waals surface area contributed by atoms with E-state index < -0.39 is 0 Å². The van der Waals surface area contributed by atoms with E-state index in [-0.39, 0.29) is 24.0 Å². The summed E-state index contributed by atoms with van der Waals surface area (Å²) in [6.45, 7) is 5.95. The van der Waals surface area contributed by atoms with E-state index in [2.05, 4.69) is 49.6 Å². The summed E-state index contributed by atoms with van der Waals surface area (Å²) in [5, 5.41) is 7.92.